The summed E-state index contributed by atoms with van der Waals surface area (Å²) in [6, 6.07) is 21.1. The first-order valence-corrected chi connectivity index (χ1v) is 9.47. The largest absolute Gasteiger partial charge is 0.392 e. The van der Waals surface area contributed by atoms with Gasteiger partial charge in [0.15, 0.2) is 0 Å². The number of aliphatic hydroxyl groups excluding tert-OH is 1. The Balaban J connectivity index is 1.73. The normalized spacial score (nSPS) is 12.4. The summed E-state index contributed by atoms with van der Waals surface area (Å²) in [6.45, 7) is 4.88. The van der Waals surface area contributed by atoms with Gasteiger partial charge in [0.1, 0.15) is 5.82 Å². The zero-order valence-electron chi connectivity index (χ0n) is 15.8. The fraction of sp³-hybridized carbons (Fsp3) is 0.304. The minimum absolute atomic E-state index is 0.214. The van der Waals surface area contributed by atoms with Gasteiger partial charge in [0, 0.05) is 38.1 Å². The molecule has 2 aromatic carbocycles. The first kappa shape index (κ1) is 19.3. The quantitative estimate of drug-likeness (QED) is 0.606. The highest BCUT2D eigenvalue weighted by atomic mass is 19.1. The maximum atomic E-state index is 13.1. The molecule has 0 spiro atoms. The van der Waals surface area contributed by atoms with E-state index < -0.39 is 0 Å². The zero-order chi connectivity index (χ0) is 19.1. The summed E-state index contributed by atoms with van der Waals surface area (Å²) in [5.74, 6) is -0.214. The predicted octanol–water partition coefficient (Wildman–Crippen LogP) is 4.45. The van der Waals surface area contributed by atoms with Crippen molar-refractivity contribution in [2.24, 2.45) is 0 Å². The summed E-state index contributed by atoms with van der Waals surface area (Å²) < 4.78 is 15.3. The van der Waals surface area contributed by atoms with E-state index in [2.05, 4.69) is 33.9 Å². The SMILES string of the molecule is CCC(O)CN(Cc1ccccc1)Cc1cccn1Cc1ccc(F)cc1. The lowest BCUT2D eigenvalue weighted by Crippen LogP contribution is -2.32. The number of aromatic nitrogens is 1. The van der Waals surface area contributed by atoms with Crippen molar-refractivity contribution in [2.45, 2.75) is 39.1 Å². The van der Waals surface area contributed by atoms with E-state index in [1.165, 1.54) is 23.4 Å². The second kappa shape index (κ2) is 9.49. The molecule has 27 heavy (non-hydrogen) atoms. The number of aliphatic hydroxyl groups is 1. The molecule has 142 valence electrons. The molecule has 1 unspecified atom stereocenters. The van der Waals surface area contributed by atoms with Crippen molar-refractivity contribution >= 4 is 0 Å². The summed E-state index contributed by atoms with van der Waals surface area (Å²) >= 11 is 0. The molecule has 0 amide bonds. The summed E-state index contributed by atoms with van der Waals surface area (Å²) in [5.41, 5.74) is 3.48. The Morgan fingerprint density at radius 3 is 2.37 bits per heavy atom. The van der Waals surface area contributed by atoms with E-state index in [0.29, 0.717) is 13.1 Å². The molecule has 1 heterocycles. The maximum absolute atomic E-state index is 13.1. The Hall–Kier alpha value is -2.43. The van der Waals surface area contributed by atoms with Gasteiger partial charge in [0.25, 0.3) is 0 Å². The molecule has 0 bridgehead atoms. The molecule has 0 saturated carbocycles. The molecule has 0 aliphatic rings. The third kappa shape index (κ3) is 5.78. The van der Waals surface area contributed by atoms with Gasteiger partial charge >= 0.3 is 0 Å². The van der Waals surface area contributed by atoms with Gasteiger partial charge in [-0.05, 0) is 41.8 Å². The molecule has 4 heteroatoms. The summed E-state index contributed by atoms with van der Waals surface area (Å²) in [7, 11) is 0. The number of nitrogens with zero attached hydrogens (tertiary/aromatic N) is 2. The van der Waals surface area contributed by atoms with Crippen molar-refractivity contribution in [2.75, 3.05) is 6.54 Å². The lowest BCUT2D eigenvalue weighted by molar-refractivity contribution is 0.100. The van der Waals surface area contributed by atoms with Gasteiger partial charge in [-0.1, -0.05) is 49.4 Å². The topological polar surface area (TPSA) is 28.4 Å². The molecule has 3 aromatic rings. The lowest BCUT2D eigenvalue weighted by atomic mass is 10.2. The van der Waals surface area contributed by atoms with Crippen LogP contribution in [-0.4, -0.2) is 27.2 Å². The number of halogens is 1. The van der Waals surface area contributed by atoms with E-state index in [0.717, 1.165) is 25.1 Å². The highest BCUT2D eigenvalue weighted by Gasteiger charge is 2.14. The molecule has 1 aromatic heterocycles. The monoisotopic (exact) mass is 366 g/mol. The summed E-state index contributed by atoms with van der Waals surface area (Å²) in [6.07, 6.45) is 2.45. The minimum atomic E-state index is -0.339. The van der Waals surface area contributed by atoms with Crippen molar-refractivity contribution in [1.82, 2.24) is 9.47 Å². The number of hydrogen-bond acceptors (Lipinski definition) is 2. The van der Waals surface area contributed by atoms with E-state index >= 15 is 0 Å². The third-order valence-electron chi connectivity index (χ3n) is 4.76. The van der Waals surface area contributed by atoms with Gasteiger partial charge in [-0.3, -0.25) is 4.90 Å². The molecule has 0 saturated heterocycles. The Bertz CT molecular complexity index is 814. The fourth-order valence-electron chi connectivity index (χ4n) is 3.22. The number of hydrogen-bond donors (Lipinski definition) is 1. The van der Waals surface area contributed by atoms with Crippen LogP contribution in [0.4, 0.5) is 4.39 Å². The minimum Gasteiger partial charge on any atom is -0.392 e. The predicted molar refractivity (Wildman–Crippen MR) is 107 cm³/mol. The Labute approximate surface area is 160 Å². The molecular formula is C23H27FN2O. The van der Waals surface area contributed by atoms with Crippen LogP contribution < -0.4 is 0 Å². The average Bonchev–Trinajstić information content (AvgIpc) is 3.11. The molecule has 3 rings (SSSR count). The summed E-state index contributed by atoms with van der Waals surface area (Å²) in [4.78, 5) is 2.28. The van der Waals surface area contributed by atoms with E-state index in [1.54, 1.807) is 0 Å². The molecule has 0 aliphatic heterocycles. The van der Waals surface area contributed by atoms with Crippen LogP contribution in [0.25, 0.3) is 0 Å². The molecule has 1 atom stereocenters. The highest BCUT2D eigenvalue weighted by molar-refractivity contribution is 5.19. The van der Waals surface area contributed by atoms with Gasteiger partial charge in [0.2, 0.25) is 0 Å². The number of benzene rings is 2. The summed E-state index contributed by atoms with van der Waals surface area (Å²) in [5, 5.41) is 10.2. The van der Waals surface area contributed by atoms with Crippen LogP contribution in [0.1, 0.15) is 30.2 Å². The Morgan fingerprint density at radius 2 is 1.67 bits per heavy atom. The molecule has 3 nitrogen and oxygen atoms in total. The van der Waals surface area contributed by atoms with Gasteiger partial charge < -0.3 is 9.67 Å². The van der Waals surface area contributed by atoms with E-state index in [-0.39, 0.29) is 11.9 Å². The van der Waals surface area contributed by atoms with Gasteiger partial charge in [-0.15, -0.1) is 0 Å². The van der Waals surface area contributed by atoms with Crippen molar-refractivity contribution in [3.05, 3.63) is 95.6 Å². The van der Waals surface area contributed by atoms with Crippen LogP contribution in [0, 0.1) is 5.82 Å². The average molecular weight is 366 g/mol. The van der Waals surface area contributed by atoms with Crippen molar-refractivity contribution in [3.63, 3.8) is 0 Å². The van der Waals surface area contributed by atoms with E-state index in [4.69, 9.17) is 0 Å². The third-order valence-corrected chi connectivity index (χ3v) is 4.76. The Morgan fingerprint density at radius 1 is 0.926 bits per heavy atom. The van der Waals surface area contributed by atoms with E-state index in [9.17, 15) is 9.50 Å². The standard InChI is InChI=1S/C23H27FN2O/c1-2-23(27)18-25(15-19-7-4-3-5-8-19)17-22-9-6-14-26(22)16-20-10-12-21(24)13-11-20/h3-14,23,27H,2,15-18H2,1H3. The van der Waals surface area contributed by atoms with Crippen LogP contribution in [0.15, 0.2) is 72.9 Å². The van der Waals surface area contributed by atoms with Crippen LogP contribution in [0.5, 0.6) is 0 Å². The van der Waals surface area contributed by atoms with Crippen molar-refractivity contribution in [3.8, 4) is 0 Å². The first-order valence-electron chi connectivity index (χ1n) is 9.47. The van der Waals surface area contributed by atoms with Crippen LogP contribution >= 0.6 is 0 Å². The highest BCUT2D eigenvalue weighted by Crippen LogP contribution is 2.14. The lowest BCUT2D eigenvalue weighted by Gasteiger charge is -2.25. The molecule has 0 aliphatic carbocycles. The molecule has 0 fully saturated rings. The van der Waals surface area contributed by atoms with Crippen molar-refractivity contribution in [1.29, 1.82) is 0 Å². The molecule has 0 radical (unpaired) electrons. The fourth-order valence-corrected chi connectivity index (χ4v) is 3.22. The van der Waals surface area contributed by atoms with Crippen LogP contribution in [-0.2, 0) is 19.6 Å². The van der Waals surface area contributed by atoms with Crippen LogP contribution in [0.2, 0.25) is 0 Å². The Kier molecular flexibility index (Phi) is 6.80. The van der Waals surface area contributed by atoms with Gasteiger partial charge in [-0.25, -0.2) is 4.39 Å². The first-order chi connectivity index (χ1) is 13.1. The van der Waals surface area contributed by atoms with Gasteiger partial charge in [-0.2, -0.15) is 0 Å². The molecule has 1 N–H and O–H groups in total. The zero-order valence-corrected chi connectivity index (χ0v) is 15.8. The smallest absolute Gasteiger partial charge is 0.123 e. The number of rotatable bonds is 9. The van der Waals surface area contributed by atoms with E-state index in [1.807, 2.05) is 43.3 Å². The maximum Gasteiger partial charge on any atom is 0.123 e. The van der Waals surface area contributed by atoms with Gasteiger partial charge in [0.05, 0.1) is 6.10 Å². The molecular weight excluding hydrogens is 339 g/mol. The second-order valence-corrected chi connectivity index (χ2v) is 6.97. The van der Waals surface area contributed by atoms with Crippen LogP contribution in [0.3, 0.4) is 0 Å². The second-order valence-electron chi connectivity index (χ2n) is 6.97. The van der Waals surface area contributed by atoms with Crippen molar-refractivity contribution < 1.29 is 9.50 Å².